The molecule has 0 saturated heterocycles. The second-order valence-electron chi connectivity index (χ2n) is 4.81. The molecule has 1 fully saturated rings. The molecule has 0 bridgehead atoms. The molecule has 0 aliphatic heterocycles. The first-order valence-corrected chi connectivity index (χ1v) is 6.90. The fourth-order valence-electron chi connectivity index (χ4n) is 2.40. The zero-order valence-electron chi connectivity index (χ0n) is 10.4. The van der Waals surface area contributed by atoms with E-state index in [1.54, 1.807) is 6.07 Å². The molecule has 4 nitrogen and oxygen atoms in total. The minimum Gasteiger partial charge on any atom is -0.294 e. The van der Waals surface area contributed by atoms with E-state index in [-0.39, 0.29) is 5.91 Å². The topological polar surface area (TPSA) is 54.9 Å². The molecule has 0 radical (unpaired) electrons. The van der Waals surface area contributed by atoms with E-state index in [4.69, 9.17) is 11.6 Å². The number of nitrogens with one attached hydrogen (secondary N) is 1. The lowest BCUT2D eigenvalue weighted by atomic mass is 9.96. The third-order valence-electron chi connectivity index (χ3n) is 3.32. The number of carbonyl (C=O) groups excluding carboxylic acids is 1. The van der Waals surface area contributed by atoms with Gasteiger partial charge in [-0.3, -0.25) is 10.1 Å². The summed E-state index contributed by atoms with van der Waals surface area (Å²) in [4.78, 5) is 19.8. The lowest BCUT2D eigenvalue weighted by Crippen LogP contribution is -2.17. The summed E-state index contributed by atoms with van der Waals surface area (Å²) in [6.07, 6.45) is 9.50. The molecule has 1 aliphatic rings. The standard InChI is InChI=1S/C13H18ClN3O/c14-11-7-8-15-13(16-11)17-12(18)9-10-5-3-1-2-4-6-10/h7-8,10H,1-6,9H2,(H,15,16,17,18). The molecule has 1 amide bonds. The van der Waals surface area contributed by atoms with Gasteiger partial charge in [0.15, 0.2) is 0 Å². The minimum absolute atomic E-state index is 0.0100. The van der Waals surface area contributed by atoms with E-state index in [9.17, 15) is 4.79 Å². The predicted octanol–water partition coefficient (Wildman–Crippen LogP) is 3.43. The molecule has 98 valence electrons. The molecular formula is C13H18ClN3O. The Morgan fingerprint density at radius 2 is 2.06 bits per heavy atom. The van der Waals surface area contributed by atoms with Gasteiger partial charge in [0.2, 0.25) is 11.9 Å². The van der Waals surface area contributed by atoms with Crippen LogP contribution < -0.4 is 5.32 Å². The molecule has 18 heavy (non-hydrogen) atoms. The van der Waals surface area contributed by atoms with Crippen molar-refractivity contribution in [3.05, 3.63) is 17.4 Å². The average Bonchev–Trinajstić information content (AvgIpc) is 2.57. The molecule has 1 heterocycles. The van der Waals surface area contributed by atoms with E-state index in [0.29, 0.717) is 23.4 Å². The molecular weight excluding hydrogens is 250 g/mol. The van der Waals surface area contributed by atoms with E-state index in [1.807, 2.05) is 0 Å². The van der Waals surface area contributed by atoms with E-state index in [2.05, 4.69) is 15.3 Å². The number of aromatic nitrogens is 2. The van der Waals surface area contributed by atoms with Crippen molar-refractivity contribution in [2.75, 3.05) is 5.32 Å². The molecule has 0 unspecified atom stereocenters. The molecule has 0 atom stereocenters. The normalized spacial score (nSPS) is 17.2. The Morgan fingerprint density at radius 3 is 2.72 bits per heavy atom. The van der Waals surface area contributed by atoms with Crippen LogP contribution in [0.25, 0.3) is 0 Å². The molecule has 2 rings (SSSR count). The number of amides is 1. The van der Waals surface area contributed by atoms with Gasteiger partial charge in [0.25, 0.3) is 0 Å². The molecule has 5 heteroatoms. The molecule has 1 aromatic heterocycles. The van der Waals surface area contributed by atoms with Crippen LogP contribution in [0.3, 0.4) is 0 Å². The van der Waals surface area contributed by atoms with Crippen molar-refractivity contribution in [3.63, 3.8) is 0 Å². The number of rotatable bonds is 3. The van der Waals surface area contributed by atoms with Gasteiger partial charge in [-0.25, -0.2) is 9.97 Å². The van der Waals surface area contributed by atoms with Gasteiger partial charge < -0.3 is 0 Å². The maximum atomic E-state index is 11.9. The third-order valence-corrected chi connectivity index (χ3v) is 3.53. The number of carbonyl (C=O) groups is 1. The zero-order chi connectivity index (χ0) is 12.8. The minimum atomic E-state index is -0.0100. The van der Waals surface area contributed by atoms with Crippen LogP contribution in [-0.4, -0.2) is 15.9 Å². The maximum absolute atomic E-state index is 11.9. The third kappa shape index (κ3) is 4.26. The van der Waals surface area contributed by atoms with Gasteiger partial charge in [-0.15, -0.1) is 0 Å². The van der Waals surface area contributed by atoms with Crippen molar-refractivity contribution in [2.45, 2.75) is 44.9 Å². The fourth-order valence-corrected chi connectivity index (χ4v) is 2.54. The Hall–Kier alpha value is -1.16. The number of halogens is 1. The average molecular weight is 268 g/mol. The van der Waals surface area contributed by atoms with Crippen LogP contribution in [-0.2, 0) is 4.79 Å². The highest BCUT2D eigenvalue weighted by atomic mass is 35.5. The van der Waals surface area contributed by atoms with Crippen LogP contribution in [0.1, 0.15) is 44.9 Å². The summed E-state index contributed by atoms with van der Waals surface area (Å²) < 4.78 is 0. The summed E-state index contributed by atoms with van der Waals surface area (Å²) in [5, 5.41) is 3.05. The Morgan fingerprint density at radius 1 is 1.33 bits per heavy atom. The van der Waals surface area contributed by atoms with Crippen LogP contribution in [0.4, 0.5) is 5.95 Å². The number of hydrogen-bond donors (Lipinski definition) is 1. The van der Waals surface area contributed by atoms with Crippen LogP contribution in [0.5, 0.6) is 0 Å². The van der Waals surface area contributed by atoms with Crippen molar-refractivity contribution >= 4 is 23.5 Å². The van der Waals surface area contributed by atoms with Gasteiger partial charge >= 0.3 is 0 Å². The Kier molecular flexibility index (Phi) is 4.93. The Labute approximate surface area is 112 Å². The second-order valence-corrected chi connectivity index (χ2v) is 5.20. The summed E-state index contributed by atoms with van der Waals surface area (Å²) in [6, 6.07) is 1.59. The first-order valence-electron chi connectivity index (χ1n) is 6.52. The van der Waals surface area contributed by atoms with E-state index in [0.717, 1.165) is 12.8 Å². The highest BCUT2D eigenvalue weighted by Gasteiger charge is 2.16. The van der Waals surface area contributed by atoms with Crippen molar-refractivity contribution in [3.8, 4) is 0 Å². The SMILES string of the molecule is O=C(CC1CCCCCC1)Nc1nccc(Cl)n1. The van der Waals surface area contributed by atoms with Crippen LogP contribution >= 0.6 is 11.6 Å². The summed E-state index contributed by atoms with van der Waals surface area (Å²) >= 11 is 5.74. The first-order chi connectivity index (χ1) is 8.74. The Bertz CT molecular complexity index is 403. The quantitative estimate of drug-likeness (QED) is 0.674. The molecule has 1 aliphatic carbocycles. The monoisotopic (exact) mass is 267 g/mol. The summed E-state index contributed by atoms with van der Waals surface area (Å²) in [6.45, 7) is 0. The highest BCUT2D eigenvalue weighted by molar-refractivity contribution is 6.29. The summed E-state index contributed by atoms with van der Waals surface area (Å²) in [5.41, 5.74) is 0. The predicted molar refractivity (Wildman–Crippen MR) is 71.5 cm³/mol. The van der Waals surface area contributed by atoms with Crippen LogP contribution in [0.15, 0.2) is 12.3 Å². The maximum Gasteiger partial charge on any atom is 0.230 e. The largest absolute Gasteiger partial charge is 0.294 e. The van der Waals surface area contributed by atoms with Crippen molar-refractivity contribution in [1.82, 2.24) is 9.97 Å². The number of nitrogens with zero attached hydrogens (tertiary/aromatic N) is 2. The second kappa shape index (κ2) is 6.69. The smallest absolute Gasteiger partial charge is 0.230 e. The molecule has 0 spiro atoms. The summed E-state index contributed by atoms with van der Waals surface area (Å²) in [7, 11) is 0. The van der Waals surface area contributed by atoms with E-state index < -0.39 is 0 Å². The van der Waals surface area contributed by atoms with Gasteiger partial charge in [-0.1, -0.05) is 37.3 Å². The van der Waals surface area contributed by atoms with Gasteiger partial charge in [-0.2, -0.15) is 0 Å². The lowest BCUT2D eigenvalue weighted by Gasteiger charge is -2.12. The van der Waals surface area contributed by atoms with Crippen LogP contribution in [0.2, 0.25) is 5.15 Å². The first kappa shape index (κ1) is 13.3. The zero-order valence-corrected chi connectivity index (χ0v) is 11.1. The van der Waals surface area contributed by atoms with Gasteiger partial charge in [0, 0.05) is 12.6 Å². The lowest BCUT2D eigenvalue weighted by molar-refractivity contribution is -0.117. The van der Waals surface area contributed by atoms with Crippen molar-refractivity contribution in [2.24, 2.45) is 5.92 Å². The Balaban J connectivity index is 1.84. The highest BCUT2D eigenvalue weighted by Crippen LogP contribution is 2.25. The summed E-state index contributed by atoms with van der Waals surface area (Å²) in [5.74, 6) is 0.789. The molecule has 1 aromatic rings. The fraction of sp³-hybridized carbons (Fsp3) is 0.615. The van der Waals surface area contributed by atoms with Gasteiger partial charge in [0.1, 0.15) is 5.15 Å². The molecule has 0 aromatic carbocycles. The molecule has 1 N–H and O–H groups in total. The van der Waals surface area contributed by atoms with Crippen molar-refractivity contribution in [1.29, 1.82) is 0 Å². The number of hydrogen-bond acceptors (Lipinski definition) is 3. The van der Waals surface area contributed by atoms with Gasteiger partial charge in [0.05, 0.1) is 0 Å². The number of anilines is 1. The van der Waals surface area contributed by atoms with E-state index >= 15 is 0 Å². The molecule has 1 saturated carbocycles. The van der Waals surface area contributed by atoms with Crippen LogP contribution in [0, 0.1) is 5.92 Å². The van der Waals surface area contributed by atoms with Crippen molar-refractivity contribution < 1.29 is 4.79 Å². The van der Waals surface area contributed by atoms with Gasteiger partial charge in [-0.05, 0) is 24.8 Å². The van der Waals surface area contributed by atoms with E-state index in [1.165, 1.54) is 31.9 Å².